The van der Waals surface area contributed by atoms with E-state index in [1.807, 2.05) is 11.9 Å². The van der Waals surface area contributed by atoms with Crippen molar-refractivity contribution in [3.05, 3.63) is 34.5 Å². The van der Waals surface area contributed by atoms with Crippen LogP contribution < -0.4 is 14.9 Å². The van der Waals surface area contributed by atoms with E-state index in [1.165, 1.54) is 28.5 Å². The van der Waals surface area contributed by atoms with Crippen molar-refractivity contribution in [2.75, 3.05) is 23.8 Å². The lowest BCUT2D eigenvalue weighted by Gasteiger charge is -2.32. The minimum atomic E-state index is -4.04. The monoisotopic (exact) mass is 441 g/mol. The average Bonchev–Trinajstić information content (AvgIpc) is 3.14. The van der Waals surface area contributed by atoms with Gasteiger partial charge in [0.05, 0.1) is 12.7 Å². The molecule has 1 aromatic carbocycles. The van der Waals surface area contributed by atoms with Gasteiger partial charge in [-0.15, -0.1) is 0 Å². The number of amides is 2. The van der Waals surface area contributed by atoms with Crippen LogP contribution in [-0.4, -0.2) is 37.8 Å². The second-order valence-electron chi connectivity index (χ2n) is 9.64. The lowest BCUT2D eigenvalue weighted by Crippen LogP contribution is -2.39. The summed E-state index contributed by atoms with van der Waals surface area (Å²) < 4.78 is 30.2. The van der Waals surface area contributed by atoms with Crippen molar-refractivity contribution in [3.8, 4) is 0 Å². The van der Waals surface area contributed by atoms with Gasteiger partial charge < -0.3 is 10.2 Å². The van der Waals surface area contributed by atoms with Crippen molar-refractivity contribution in [2.45, 2.75) is 62.8 Å². The number of aryl methyl sites for hydroxylation is 2. The molecule has 0 unspecified atom stereocenters. The minimum Gasteiger partial charge on any atom is -0.358 e. The molecule has 0 atom stereocenters. The highest BCUT2D eigenvalue weighted by Gasteiger charge is 2.48. The number of benzene rings is 1. The Balaban J connectivity index is 1.27. The molecule has 0 saturated heterocycles. The normalized spacial score (nSPS) is 20.4. The van der Waals surface area contributed by atoms with E-state index in [0.29, 0.717) is 5.82 Å². The summed E-state index contributed by atoms with van der Waals surface area (Å²) >= 11 is 0. The first-order chi connectivity index (χ1) is 14.9. The van der Waals surface area contributed by atoms with Crippen LogP contribution >= 0.6 is 0 Å². The zero-order chi connectivity index (χ0) is 21.4. The van der Waals surface area contributed by atoms with Crippen molar-refractivity contribution in [1.29, 1.82) is 0 Å². The molecule has 0 bridgehead atoms. The second-order valence-corrected chi connectivity index (χ2v) is 11.3. The molecular formula is C22H27N5O3S. The third-order valence-corrected chi connectivity index (χ3v) is 8.70. The highest BCUT2D eigenvalue weighted by atomic mass is 32.2. The smallest absolute Gasteiger partial charge is 0.333 e. The SMILES string of the molecule is CN1CC2(CC2)Cn2ncc(S(=O)(=O)NC(=O)Nc3c4c(cc5c3CCC5)CCC4)c21. The standard InChI is InChI=1S/C22H27N5O3S/c1-26-12-22(8-9-22)13-27-20(26)18(11-23-27)31(29,30)25-21(28)24-19-16-6-2-4-14(16)10-15-5-3-7-17(15)19/h10-11H,2-9,12-13H2,1H3,(H2,24,25,28). The van der Waals surface area contributed by atoms with E-state index in [2.05, 4.69) is 21.2 Å². The van der Waals surface area contributed by atoms with Crippen LogP contribution in [0.15, 0.2) is 17.2 Å². The predicted octanol–water partition coefficient (Wildman–Crippen LogP) is 2.60. The molecule has 31 heavy (non-hydrogen) atoms. The van der Waals surface area contributed by atoms with Gasteiger partial charge in [0.1, 0.15) is 10.7 Å². The fourth-order valence-electron chi connectivity index (χ4n) is 5.77. The van der Waals surface area contributed by atoms with E-state index in [4.69, 9.17) is 0 Å². The zero-order valence-electron chi connectivity index (χ0n) is 17.7. The summed E-state index contributed by atoms with van der Waals surface area (Å²) in [4.78, 5) is 14.9. The van der Waals surface area contributed by atoms with E-state index in [-0.39, 0.29) is 10.3 Å². The largest absolute Gasteiger partial charge is 0.358 e. The third-order valence-electron chi connectivity index (χ3n) is 7.38. The number of sulfonamides is 1. The Morgan fingerprint density at radius 1 is 1.06 bits per heavy atom. The summed E-state index contributed by atoms with van der Waals surface area (Å²) in [5, 5.41) is 7.22. The molecule has 1 fully saturated rings. The fraction of sp³-hybridized carbons (Fsp3) is 0.545. The molecule has 2 N–H and O–H groups in total. The molecule has 164 valence electrons. The van der Waals surface area contributed by atoms with Crippen LogP contribution in [0.25, 0.3) is 0 Å². The second kappa shape index (κ2) is 6.48. The van der Waals surface area contributed by atoms with Gasteiger partial charge in [0.25, 0.3) is 10.0 Å². The molecule has 2 amide bonds. The summed E-state index contributed by atoms with van der Waals surface area (Å²) in [6, 6.07) is 1.58. The van der Waals surface area contributed by atoms with Crippen molar-refractivity contribution in [3.63, 3.8) is 0 Å². The van der Waals surface area contributed by atoms with Gasteiger partial charge in [0, 0.05) is 24.7 Å². The van der Waals surface area contributed by atoms with Gasteiger partial charge in [-0.1, -0.05) is 6.07 Å². The van der Waals surface area contributed by atoms with E-state index in [0.717, 1.165) is 70.1 Å². The van der Waals surface area contributed by atoms with Gasteiger partial charge in [0.2, 0.25) is 0 Å². The quantitative estimate of drug-likeness (QED) is 0.763. The molecule has 6 rings (SSSR count). The molecule has 2 heterocycles. The van der Waals surface area contributed by atoms with Gasteiger partial charge in [-0.2, -0.15) is 5.10 Å². The van der Waals surface area contributed by atoms with E-state index in [9.17, 15) is 13.2 Å². The van der Waals surface area contributed by atoms with Crippen LogP contribution in [0.4, 0.5) is 16.3 Å². The number of carbonyl (C=O) groups excluding carboxylic acids is 1. The van der Waals surface area contributed by atoms with Crippen LogP contribution in [0.2, 0.25) is 0 Å². The summed E-state index contributed by atoms with van der Waals surface area (Å²) in [6.07, 6.45) is 9.69. The Morgan fingerprint density at radius 2 is 1.74 bits per heavy atom. The first kappa shape index (κ1) is 19.2. The number of nitrogens with one attached hydrogen (secondary N) is 2. The number of anilines is 2. The molecule has 0 radical (unpaired) electrons. The fourth-order valence-corrected chi connectivity index (χ4v) is 6.87. The van der Waals surface area contributed by atoms with Gasteiger partial charge in [-0.3, -0.25) is 0 Å². The van der Waals surface area contributed by atoms with Crippen LogP contribution in [-0.2, 0) is 42.3 Å². The number of nitrogens with zero attached hydrogens (tertiary/aromatic N) is 3. The highest BCUT2D eigenvalue weighted by molar-refractivity contribution is 7.90. The molecule has 8 nitrogen and oxygen atoms in total. The van der Waals surface area contributed by atoms with Crippen molar-refractivity contribution in [1.82, 2.24) is 14.5 Å². The minimum absolute atomic E-state index is 0.0594. The lowest BCUT2D eigenvalue weighted by molar-refractivity contribution is 0.256. The Labute approximate surface area is 182 Å². The molecule has 9 heteroatoms. The number of fused-ring (bicyclic) bond motifs is 3. The number of urea groups is 1. The van der Waals surface area contributed by atoms with E-state index >= 15 is 0 Å². The Bertz CT molecular complexity index is 1180. The number of hydrogen-bond acceptors (Lipinski definition) is 5. The maximum atomic E-state index is 13.1. The summed E-state index contributed by atoms with van der Waals surface area (Å²) in [5.41, 5.74) is 5.99. The number of hydrogen-bond donors (Lipinski definition) is 2. The number of rotatable bonds is 3. The number of carbonyl (C=O) groups is 1. The summed E-state index contributed by atoms with van der Waals surface area (Å²) in [7, 11) is -2.15. The molecule has 3 aliphatic carbocycles. The molecule has 1 aliphatic heterocycles. The molecule has 1 aromatic heterocycles. The van der Waals surface area contributed by atoms with Gasteiger partial charge >= 0.3 is 6.03 Å². The molecule has 2 aromatic rings. The maximum Gasteiger partial charge on any atom is 0.333 e. The predicted molar refractivity (Wildman–Crippen MR) is 117 cm³/mol. The van der Waals surface area contributed by atoms with Crippen molar-refractivity contribution in [2.24, 2.45) is 5.41 Å². The van der Waals surface area contributed by atoms with E-state index in [1.54, 1.807) is 4.68 Å². The first-order valence-electron chi connectivity index (χ1n) is 11.1. The van der Waals surface area contributed by atoms with Crippen LogP contribution in [0.5, 0.6) is 0 Å². The molecule has 1 saturated carbocycles. The zero-order valence-corrected chi connectivity index (χ0v) is 18.5. The first-order valence-corrected chi connectivity index (χ1v) is 12.6. The highest BCUT2D eigenvalue weighted by Crippen LogP contribution is 2.51. The van der Waals surface area contributed by atoms with E-state index < -0.39 is 16.1 Å². The summed E-state index contributed by atoms with van der Waals surface area (Å²) in [5.74, 6) is 0.555. The average molecular weight is 442 g/mol. The van der Waals surface area contributed by atoms with Gasteiger partial charge in [0.15, 0.2) is 0 Å². The maximum absolute atomic E-state index is 13.1. The third kappa shape index (κ3) is 3.04. The van der Waals surface area contributed by atoms with Gasteiger partial charge in [-0.25, -0.2) is 22.6 Å². The van der Waals surface area contributed by atoms with Crippen molar-refractivity contribution >= 4 is 27.6 Å². The molecule has 1 spiro atoms. The van der Waals surface area contributed by atoms with Crippen LogP contribution in [0, 0.1) is 5.41 Å². The van der Waals surface area contributed by atoms with Crippen LogP contribution in [0.1, 0.15) is 47.9 Å². The van der Waals surface area contributed by atoms with Crippen LogP contribution in [0.3, 0.4) is 0 Å². The molecular weight excluding hydrogens is 414 g/mol. The van der Waals surface area contributed by atoms with Crippen molar-refractivity contribution < 1.29 is 13.2 Å². The summed E-state index contributed by atoms with van der Waals surface area (Å²) in [6.45, 7) is 1.55. The number of aromatic nitrogens is 2. The Hall–Kier alpha value is -2.55. The Morgan fingerprint density at radius 3 is 2.39 bits per heavy atom. The topological polar surface area (TPSA) is 96.3 Å². The van der Waals surface area contributed by atoms with Gasteiger partial charge in [-0.05, 0) is 73.6 Å². The molecule has 4 aliphatic rings. The Kier molecular flexibility index (Phi) is 4.00. The lowest BCUT2D eigenvalue weighted by atomic mass is 9.99.